The maximum atomic E-state index is 14.0. The van der Waals surface area contributed by atoms with Crippen molar-refractivity contribution in [3.05, 3.63) is 58.9 Å². The Labute approximate surface area is 166 Å². The average Bonchev–Trinajstić information content (AvgIpc) is 3.20. The monoisotopic (exact) mass is 403 g/mol. The van der Waals surface area contributed by atoms with Crippen LogP contribution in [0.25, 0.3) is 11.5 Å². The van der Waals surface area contributed by atoms with Gasteiger partial charge in [0.2, 0.25) is 17.7 Å². The van der Waals surface area contributed by atoms with Gasteiger partial charge in [-0.05, 0) is 37.1 Å². The van der Waals surface area contributed by atoms with Crippen molar-refractivity contribution in [2.75, 3.05) is 13.1 Å². The molecule has 1 aromatic carbocycles. The van der Waals surface area contributed by atoms with E-state index in [1.807, 2.05) is 18.2 Å². The molecule has 1 atom stereocenters. The Morgan fingerprint density at radius 3 is 2.71 bits per heavy atom. The lowest BCUT2D eigenvalue weighted by atomic mass is 9.92. The highest BCUT2D eigenvalue weighted by Crippen LogP contribution is 2.33. The van der Waals surface area contributed by atoms with Crippen molar-refractivity contribution < 1.29 is 18.7 Å². The lowest BCUT2D eigenvalue weighted by Gasteiger charge is -2.33. The summed E-state index contributed by atoms with van der Waals surface area (Å²) in [6, 6.07) is 7.25. The molecule has 0 radical (unpaired) electrons. The van der Waals surface area contributed by atoms with Crippen molar-refractivity contribution in [1.82, 2.24) is 15.1 Å². The molecule has 2 aromatic rings. The third kappa shape index (κ3) is 3.67. The molecule has 0 bridgehead atoms. The van der Waals surface area contributed by atoms with Crippen LogP contribution in [-0.2, 0) is 4.79 Å². The molecule has 2 heterocycles. The average molecular weight is 404 g/mol. The molecule has 1 N–H and O–H groups in total. The predicted molar refractivity (Wildman–Crippen MR) is 101 cm³/mol. The first kappa shape index (κ1) is 18.7. The standard InChI is InChI=1S/C20H19ClFN3O3/c21-16-4-2-1-3-14(16)19-24-23-18(28-19)12-7-9-25(10-8-12)20(27)15-11-13(26)5-6-17(15)22/h1-6,12,15,26H,7-11H2. The van der Waals surface area contributed by atoms with Gasteiger partial charge in [-0.15, -0.1) is 10.2 Å². The molecule has 1 amide bonds. The summed E-state index contributed by atoms with van der Waals surface area (Å²) in [7, 11) is 0. The van der Waals surface area contributed by atoms with Gasteiger partial charge in [0, 0.05) is 25.4 Å². The highest BCUT2D eigenvalue weighted by Gasteiger charge is 2.34. The van der Waals surface area contributed by atoms with E-state index in [4.69, 9.17) is 16.0 Å². The molecule has 6 nitrogen and oxygen atoms in total. The fourth-order valence-corrected chi connectivity index (χ4v) is 3.80. The van der Waals surface area contributed by atoms with Gasteiger partial charge < -0.3 is 14.4 Å². The summed E-state index contributed by atoms with van der Waals surface area (Å²) in [5.74, 6) is -0.792. The second kappa shape index (κ2) is 7.75. The molecule has 146 valence electrons. The van der Waals surface area contributed by atoms with E-state index in [-0.39, 0.29) is 24.0 Å². The third-order valence-corrected chi connectivity index (χ3v) is 5.51. The lowest BCUT2D eigenvalue weighted by molar-refractivity contribution is -0.136. The number of aliphatic hydroxyl groups is 1. The van der Waals surface area contributed by atoms with Crippen molar-refractivity contribution >= 4 is 17.5 Å². The number of aliphatic hydroxyl groups excluding tert-OH is 1. The van der Waals surface area contributed by atoms with Gasteiger partial charge in [0.1, 0.15) is 5.83 Å². The Morgan fingerprint density at radius 1 is 1.21 bits per heavy atom. The van der Waals surface area contributed by atoms with E-state index in [9.17, 15) is 14.3 Å². The van der Waals surface area contributed by atoms with Crippen LogP contribution in [0.1, 0.15) is 31.1 Å². The molecule has 0 saturated carbocycles. The molecule has 28 heavy (non-hydrogen) atoms. The first-order valence-corrected chi connectivity index (χ1v) is 9.53. The normalized spacial score (nSPS) is 20.6. The molecular formula is C20H19ClFN3O3. The van der Waals surface area contributed by atoms with E-state index >= 15 is 0 Å². The largest absolute Gasteiger partial charge is 0.512 e. The minimum atomic E-state index is -0.934. The number of carbonyl (C=O) groups is 1. The van der Waals surface area contributed by atoms with Crippen LogP contribution in [0.4, 0.5) is 4.39 Å². The zero-order chi connectivity index (χ0) is 19.7. The Kier molecular flexibility index (Phi) is 5.17. The van der Waals surface area contributed by atoms with Crippen LogP contribution in [0.2, 0.25) is 5.02 Å². The topological polar surface area (TPSA) is 79.5 Å². The number of halogens is 2. The van der Waals surface area contributed by atoms with Gasteiger partial charge in [0.25, 0.3) is 0 Å². The Morgan fingerprint density at radius 2 is 1.96 bits per heavy atom. The summed E-state index contributed by atoms with van der Waals surface area (Å²) < 4.78 is 19.8. The van der Waals surface area contributed by atoms with Crippen LogP contribution in [0.15, 0.2) is 52.4 Å². The Hall–Kier alpha value is -2.67. The van der Waals surface area contributed by atoms with Crippen LogP contribution in [-0.4, -0.2) is 39.2 Å². The molecule has 1 saturated heterocycles. The van der Waals surface area contributed by atoms with Gasteiger partial charge in [-0.1, -0.05) is 23.7 Å². The second-order valence-corrected chi connectivity index (χ2v) is 7.40. The van der Waals surface area contributed by atoms with E-state index in [2.05, 4.69) is 10.2 Å². The lowest BCUT2D eigenvalue weighted by Crippen LogP contribution is -2.42. The van der Waals surface area contributed by atoms with Crippen LogP contribution in [0.3, 0.4) is 0 Å². The first-order chi connectivity index (χ1) is 13.5. The van der Waals surface area contributed by atoms with E-state index in [0.29, 0.717) is 48.3 Å². The molecule has 1 aromatic heterocycles. The maximum absolute atomic E-state index is 14.0. The van der Waals surface area contributed by atoms with Crippen LogP contribution >= 0.6 is 11.6 Å². The van der Waals surface area contributed by atoms with Gasteiger partial charge >= 0.3 is 0 Å². The number of amides is 1. The number of carbonyl (C=O) groups excluding carboxylic acids is 1. The van der Waals surface area contributed by atoms with Crippen LogP contribution in [0, 0.1) is 5.92 Å². The summed E-state index contributed by atoms with van der Waals surface area (Å²) >= 11 is 6.17. The number of piperidine rings is 1. The van der Waals surface area contributed by atoms with Gasteiger partial charge in [-0.3, -0.25) is 4.79 Å². The van der Waals surface area contributed by atoms with E-state index in [1.54, 1.807) is 11.0 Å². The van der Waals surface area contributed by atoms with Crippen LogP contribution < -0.4 is 0 Å². The number of hydrogen-bond acceptors (Lipinski definition) is 5. The van der Waals surface area contributed by atoms with Gasteiger partial charge in [0.05, 0.1) is 22.3 Å². The summed E-state index contributed by atoms with van der Waals surface area (Å²) in [5, 5.41) is 18.4. The highest BCUT2D eigenvalue weighted by atomic mass is 35.5. The Balaban J connectivity index is 1.40. The number of allylic oxidation sites excluding steroid dienone is 3. The SMILES string of the molecule is O=C(C1CC(O)=CC=C1F)N1CCC(c2nnc(-c3ccccc3Cl)o2)CC1. The van der Waals surface area contributed by atoms with Gasteiger partial charge in [-0.2, -0.15) is 0 Å². The van der Waals surface area contributed by atoms with E-state index in [0.717, 1.165) is 6.08 Å². The number of aromatic nitrogens is 2. The van der Waals surface area contributed by atoms with Crippen molar-refractivity contribution in [2.45, 2.75) is 25.2 Å². The van der Waals surface area contributed by atoms with Crippen molar-refractivity contribution in [2.24, 2.45) is 5.92 Å². The fourth-order valence-electron chi connectivity index (χ4n) is 3.58. The maximum Gasteiger partial charge on any atom is 0.249 e. The van der Waals surface area contributed by atoms with E-state index in [1.165, 1.54) is 6.08 Å². The second-order valence-electron chi connectivity index (χ2n) is 6.99. The number of nitrogens with zero attached hydrogens (tertiary/aromatic N) is 3. The summed E-state index contributed by atoms with van der Waals surface area (Å²) in [6.45, 7) is 0.948. The van der Waals surface area contributed by atoms with Crippen molar-refractivity contribution in [1.29, 1.82) is 0 Å². The number of likely N-dealkylation sites (tertiary alicyclic amines) is 1. The zero-order valence-corrected chi connectivity index (χ0v) is 15.8. The predicted octanol–water partition coefficient (Wildman–Crippen LogP) is 4.41. The molecule has 1 unspecified atom stereocenters. The number of benzene rings is 1. The molecule has 2 aliphatic rings. The fraction of sp³-hybridized carbons (Fsp3) is 0.350. The zero-order valence-electron chi connectivity index (χ0n) is 15.0. The first-order valence-electron chi connectivity index (χ1n) is 9.15. The smallest absolute Gasteiger partial charge is 0.249 e. The van der Waals surface area contributed by atoms with E-state index < -0.39 is 11.7 Å². The quantitative estimate of drug-likeness (QED) is 0.821. The van der Waals surface area contributed by atoms with Gasteiger partial charge in [-0.25, -0.2) is 4.39 Å². The Bertz CT molecular complexity index is 948. The summed E-state index contributed by atoms with van der Waals surface area (Å²) in [5.41, 5.74) is 0.683. The number of rotatable bonds is 3. The van der Waals surface area contributed by atoms with Gasteiger partial charge in [0.15, 0.2) is 0 Å². The minimum Gasteiger partial charge on any atom is -0.512 e. The highest BCUT2D eigenvalue weighted by molar-refractivity contribution is 6.33. The van der Waals surface area contributed by atoms with Crippen molar-refractivity contribution in [3.8, 4) is 11.5 Å². The molecular weight excluding hydrogens is 385 g/mol. The third-order valence-electron chi connectivity index (χ3n) is 5.18. The molecule has 1 aliphatic heterocycles. The minimum absolute atomic E-state index is 0.00590. The summed E-state index contributed by atoms with van der Waals surface area (Å²) in [6.07, 6.45) is 3.75. The number of hydrogen-bond donors (Lipinski definition) is 1. The molecule has 1 aliphatic carbocycles. The molecule has 1 fully saturated rings. The van der Waals surface area contributed by atoms with Crippen molar-refractivity contribution in [3.63, 3.8) is 0 Å². The molecule has 4 rings (SSSR count). The van der Waals surface area contributed by atoms with Crippen LogP contribution in [0.5, 0.6) is 0 Å². The molecule has 8 heteroatoms. The summed E-state index contributed by atoms with van der Waals surface area (Å²) in [4.78, 5) is 14.3. The molecule has 0 spiro atoms.